The largest absolute Gasteiger partial charge is 0.459 e. The predicted molar refractivity (Wildman–Crippen MR) is 119 cm³/mol. The number of allylic oxidation sites excluding steroid dienone is 1. The number of hydrogen-bond donors (Lipinski definition) is 2. The summed E-state index contributed by atoms with van der Waals surface area (Å²) in [4.78, 5) is 39.2. The standard InChI is InChI=1S/C24H27N3O4/c1-14(2)31-23(29)20-16(4)27(5)24(30)26-21(20)18-7-6-8-19(13-18)25-22(28)17-11-9-15(3)10-12-17/h6-14,21H,1-5H3,(H,25,28)(H,26,30)/t21-/m1/s1. The maximum absolute atomic E-state index is 12.8. The lowest BCUT2D eigenvalue weighted by molar-refractivity contribution is -0.143. The number of benzene rings is 2. The number of rotatable bonds is 5. The maximum atomic E-state index is 12.8. The fourth-order valence-corrected chi connectivity index (χ4v) is 3.33. The Labute approximate surface area is 182 Å². The second-order valence-corrected chi connectivity index (χ2v) is 7.84. The summed E-state index contributed by atoms with van der Waals surface area (Å²) in [6.07, 6.45) is -0.295. The van der Waals surface area contributed by atoms with Crippen molar-refractivity contribution in [3.8, 4) is 0 Å². The lowest BCUT2D eigenvalue weighted by atomic mass is 9.94. The summed E-state index contributed by atoms with van der Waals surface area (Å²) in [6, 6.07) is 13.3. The van der Waals surface area contributed by atoms with Crippen molar-refractivity contribution in [3.05, 3.63) is 76.5 Å². The van der Waals surface area contributed by atoms with Gasteiger partial charge in [-0.05, 0) is 57.5 Å². The van der Waals surface area contributed by atoms with Gasteiger partial charge in [0.25, 0.3) is 5.91 Å². The number of anilines is 1. The molecule has 7 nitrogen and oxygen atoms in total. The van der Waals surface area contributed by atoms with Crippen LogP contribution in [0.2, 0.25) is 0 Å². The molecule has 2 aromatic carbocycles. The Balaban J connectivity index is 1.91. The topological polar surface area (TPSA) is 87.7 Å². The molecular formula is C24H27N3O4. The monoisotopic (exact) mass is 421 g/mol. The number of esters is 1. The third-order valence-electron chi connectivity index (χ3n) is 5.11. The molecule has 0 unspecified atom stereocenters. The molecule has 1 aliphatic heterocycles. The van der Waals surface area contributed by atoms with Crippen molar-refractivity contribution in [2.24, 2.45) is 0 Å². The highest BCUT2D eigenvalue weighted by Crippen LogP contribution is 2.32. The van der Waals surface area contributed by atoms with E-state index in [4.69, 9.17) is 4.74 Å². The van der Waals surface area contributed by atoms with E-state index in [1.54, 1.807) is 64.2 Å². The van der Waals surface area contributed by atoms with E-state index in [1.807, 2.05) is 19.1 Å². The van der Waals surface area contributed by atoms with E-state index in [2.05, 4.69) is 10.6 Å². The molecular weight excluding hydrogens is 394 g/mol. The summed E-state index contributed by atoms with van der Waals surface area (Å²) in [5, 5.41) is 5.72. The first-order valence-corrected chi connectivity index (χ1v) is 10.1. The highest BCUT2D eigenvalue weighted by Gasteiger charge is 2.35. The molecule has 1 atom stereocenters. The van der Waals surface area contributed by atoms with E-state index in [-0.39, 0.29) is 18.0 Å². The Morgan fingerprint density at radius 3 is 2.42 bits per heavy atom. The molecule has 1 heterocycles. The minimum absolute atomic E-state index is 0.240. The Hall–Kier alpha value is -3.61. The molecule has 3 amide bonds. The van der Waals surface area contributed by atoms with Crippen molar-refractivity contribution >= 4 is 23.6 Å². The zero-order valence-corrected chi connectivity index (χ0v) is 18.4. The van der Waals surface area contributed by atoms with Gasteiger partial charge in [0.2, 0.25) is 0 Å². The van der Waals surface area contributed by atoms with Gasteiger partial charge >= 0.3 is 12.0 Å². The van der Waals surface area contributed by atoms with Crippen molar-refractivity contribution in [2.45, 2.75) is 39.8 Å². The van der Waals surface area contributed by atoms with Crippen molar-refractivity contribution in [3.63, 3.8) is 0 Å². The van der Waals surface area contributed by atoms with Gasteiger partial charge in [-0.25, -0.2) is 9.59 Å². The highest BCUT2D eigenvalue weighted by molar-refractivity contribution is 6.04. The van der Waals surface area contributed by atoms with Crippen LogP contribution in [0.3, 0.4) is 0 Å². The van der Waals surface area contributed by atoms with E-state index in [0.717, 1.165) is 5.56 Å². The minimum atomic E-state index is -0.689. The molecule has 0 bridgehead atoms. The normalized spacial score (nSPS) is 16.3. The van der Waals surface area contributed by atoms with Crippen LogP contribution in [0.4, 0.5) is 10.5 Å². The number of ether oxygens (including phenoxy) is 1. The second kappa shape index (κ2) is 9.04. The van der Waals surface area contributed by atoms with Gasteiger partial charge in [0, 0.05) is 24.0 Å². The maximum Gasteiger partial charge on any atom is 0.338 e. The third kappa shape index (κ3) is 4.94. The van der Waals surface area contributed by atoms with Crippen LogP contribution in [-0.4, -0.2) is 36.0 Å². The van der Waals surface area contributed by atoms with Crippen LogP contribution in [0.1, 0.15) is 48.3 Å². The number of carbonyl (C=O) groups is 3. The Morgan fingerprint density at radius 1 is 1.10 bits per heavy atom. The van der Waals surface area contributed by atoms with Gasteiger partial charge in [0.15, 0.2) is 0 Å². The van der Waals surface area contributed by atoms with Crippen molar-refractivity contribution in [2.75, 3.05) is 12.4 Å². The molecule has 1 aliphatic rings. The molecule has 3 rings (SSSR count). The highest BCUT2D eigenvalue weighted by atomic mass is 16.5. The van der Waals surface area contributed by atoms with Crippen molar-refractivity contribution in [1.82, 2.24) is 10.2 Å². The predicted octanol–water partition coefficient (Wildman–Crippen LogP) is 4.17. The van der Waals surface area contributed by atoms with E-state index >= 15 is 0 Å². The van der Waals surface area contributed by atoms with Crippen molar-refractivity contribution < 1.29 is 19.1 Å². The Morgan fingerprint density at radius 2 is 1.77 bits per heavy atom. The van der Waals surface area contributed by atoms with Crippen molar-refractivity contribution in [1.29, 1.82) is 0 Å². The van der Waals surface area contributed by atoms with Gasteiger partial charge in [-0.15, -0.1) is 0 Å². The van der Waals surface area contributed by atoms with Crippen LogP contribution in [-0.2, 0) is 9.53 Å². The third-order valence-corrected chi connectivity index (χ3v) is 5.11. The van der Waals surface area contributed by atoms with Gasteiger partial charge in [-0.2, -0.15) is 0 Å². The van der Waals surface area contributed by atoms with Gasteiger partial charge in [-0.3, -0.25) is 4.79 Å². The van der Waals surface area contributed by atoms with Crippen LogP contribution in [0.5, 0.6) is 0 Å². The molecule has 2 aromatic rings. The molecule has 0 spiro atoms. The van der Waals surface area contributed by atoms with E-state index < -0.39 is 12.0 Å². The van der Waals surface area contributed by atoms with Gasteiger partial charge in [0.05, 0.1) is 17.7 Å². The fourth-order valence-electron chi connectivity index (χ4n) is 3.33. The molecule has 0 aliphatic carbocycles. The van der Waals surface area contributed by atoms with Gasteiger partial charge < -0.3 is 20.3 Å². The SMILES string of the molecule is CC1=C(C(=O)OC(C)C)[C@@H](c2cccc(NC(=O)c3ccc(C)cc3)c2)NC(=O)N1C. The van der Waals surface area contributed by atoms with E-state index in [0.29, 0.717) is 28.1 Å². The molecule has 0 saturated carbocycles. The summed E-state index contributed by atoms with van der Waals surface area (Å²) in [5.41, 5.74) is 3.72. The lowest BCUT2D eigenvalue weighted by Gasteiger charge is -2.33. The minimum Gasteiger partial charge on any atom is -0.459 e. The van der Waals surface area contributed by atoms with Crippen LogP contribution >= 0.6 is 0 Å². The summed E-state index contributed by atoms with van der Waals surface area (Å²) in [7, 11) is 1.60. The quantitative estimate of drug-likeness (QED) is 0.710. The first-order chi connectivity index (χ1) is 14.7. The molecule has 31 heavy (non-hydrogen) atoms. The smallest absolute Gasteiger partial charge is 0.338 e. The van der Waals surface area contributed by atoms with Gasteiger partial charge in [0.1, 0.15) is 0 Å². The number of nitrogens with zero attached hydrogens (tertiary/aromatic N) is 1. The number of amides is 3. The number of hydrogen-bond acceptors (Lipinski definition) is 4. The van der Waals surface area contributed by atoms with Crippen LogP contribution in [0.25, 0.3) is 0 Å². The summed E-state index contributed by atoms with van der Waals surface area (Å²) in [6.45, 7) is 7.22. The zero-order chi connectivity index (χ0) is 22.7. The van der Waals surface area contributed by atoms with E-state index in [9.17, 15) is 14.4 Å². The average Bonchev–Trinajstić information content (AvgIpc) is 2.71. The number of carbonyl (C=O) groups excluding carboxylic acids is 3. The first-order valence-electron chi connectivity index (χ1n) is 10.1. The van der Waals surface area contributed by atoms with E-state index in [1.165, 1.54) is 4.90 Å². The number of urea groups is 1. The fraction of sp³-hybridized carbons (Fsp3) is 0.292. The first kappa shape index (κ1) is 22.1. The average molecular weight is 421 g/mol. The zero-order valence-electron chi connectivity index (χ0n) is 18.4. The van der Waals surface area contributed by atoms with Crippen LogP contribution < -0.4 is 10.6 Å². The Kier molecular flexibility index (Phi) is 6.44. The number of nitrogens with one attached hydrogen (secondary N) is 2. The van der Waals surface area contributed by atoms with Gasteiger partial charge in [-0.1, -0.05) is 29.8 Å². The Bertz CT molecular complexity index is 1040. The summed E-state index contributed by atoms with van der Waals surface area (Å²) >= 11 is 0. The van der Waals surface area contributed by atoms with Crippen LogP contribution in [0.15, 0.2) is 59.8 Å². The molecule has 0 saturated heterocycles. The molecule has 0 fully saturated rings. The molecule has 2 N–H and O–H groups in total. The summed E-state index contributed by atoms with van der Waals surface area (Å²) < 4.78 is 5.41. The van der Waals surface area contributed by atoms with Crippen LogP contribution in [0, 0.1) is 6.92 Å². The summed E-state index contributed by atoms with van der Waals surface area (Å²) in [5.74, 6) is -0.728. The molecule has 7 heteroatoms. The number of aryl methyl sites for hydroxylation is 1. The lowest BCUT2D eigenvalue weighted by Crippen LogP contribution is -2.46. The second-order valence-electron chi connectivity index (χ2n) is 7.84. The molecule has 0 aromatic heterocycles. The molecule has 0 radical (unpaired) electrons. The molecule has 162 valence electrons.